The van der Waals surface area contributed by atoms with E-state index in [1.807, 2.05) is 30.3 Å². The SMILES string of the molecule is CC(OC(=O)c1csc(S(N)(=O)=O)c1)C(=O)NCCc1ccccc1. The van der Waals surface area contributed by atoms with Crippen molar-refractivity contribution >= 4 is 33.2 Å². The molecule has 2 rings (SSSR count). The summed E-state index contributed by atoms with van der Waals surface area (Å²) in [5.41, 5.74) is 1.12. The second-order valence-electron chi connectivity index (χ2n) is 5.27. The van der Waals surface area contributed by atoms with Gasteiger partial charge in [-0.2, -0.15) is 0 Å². The Balaban J connectivity index is 1.83. The molecule has 2 aromatic rings. The Morgan fingerprint density at radius 2 is 1.96 bits per heavy atom. The van der Waals surface area contributed by atoms with Gasteiger partial charge in [0, 0.05) is 11.9 Å². The molecule has 1 aromatic heterocycles. The first kappa shape index (κ1) is 19.1. The van der Waals surface area contributed by atoms with Gasteiger partial charge in [0.15, 0.2) is 6.10 Å². The van der Waals surface area contributed by atoms with E-state index in [0.717, 1.165) is 23.0 Å². The van der Waals surface area contributed by atoms with Crippen molar-refractivity contribution in [1.82, 2.24) is 5.32 Å². The Hall–Kier alpha value is -2.23. The number of benzene rings is 1. The Labute approximate surface area is 149 Å². The smallest absolute Gasteiger partial charge is 0.339 e. The molecule has 0 aliphatic carbocycles. The lowest BCUT2D eigenvalue weighted by atomic mass is 10.1. The number of hydrogen-bond donors (Lipinski definition) is 2. The standard InChI is InChI=1S/C16H18N2O5S2/c1-11(15(19)18-8-7-12-5-3-2-4-6-12)23-16(20)13-9-14(24-10-13)25(17,21)22/h2-6,9-11H,7-8H2,1H3,(H,18,19)(H2,17,21,22). The molecular formula is C16H18N2O5S2. The second-order valence-corrected chi connectivity index (χ2v) is 7.97. The number of thiophene rings is 1. The topological polar surface area (TPSA) is 116 Å². The van der Waals surface area contributed by atoms with Crippen LogP contribution in [0.15, 0.2) is 46.0 Å². The summed E-state index contributed by atoms with van der Waals surface area (Å²) in [7, 11) is -3.87. The van der Waals surface area contributed by atoms with Gasteiger partial charge in [0.2, 0.25) is 10.0 Å². The molecule has 7 nitrogen and oxygen atoms in total. The lowest BCUT2D eigenvalue weighted by Gasteiger charge is -2.13. The summed E-state index contributed by atoms with van der Waals surface area (Å²) in [5.74, 6) is -1.21. The van der Waals surface area contributed by atoms with E-state index in [-0.39, 0.29) is 9.77 Å². The van der Waals surface area contributed by atoms with Crippen molar-refractivity contribution in [3.05, 3.63) is 52.9 Å². The van der Waals surface area contributed by atoms with Gasteiger partial charge in [-0.1, -0.05) is 30.3 Å². The Bertz CT molecular complexity index is 846. The number of nitrogens with one attached hydrogen (secondary N) is 1. The molecule has 134 valence electrons. The van der Waals surface area contributed by atoms with Gasteiger partial charge in [-0.3, -0.25) is 4.79 Å². The van der Waals surface area contributed by atoms with Gasteiger partial charge in [-0.25, -0.2) is 18.4 Å². The molecule has 0 bridgehead atoms. The zero-order chi connectivity index (χ0) is 18.4. The summed E-state index contributed by atoms with van der Waals surface area (Å²) in [4.78, 5) is 23.9. The molecule has 0 aliphatic rings. The average molecular weight is 382 g/mol. The first-order chi connectivity index (χ1) is 11.8. The molecule has 0 saturated heterocycles. The minimum Gasteiger partial charge on any atom is -0.449 e. The molecule has 1 atom stereocenters. The second kappa shape index (κ2) is 8.24. The number of amides is 1. The van der Waals surface area contributed by atoms with Crippen LogP contribution in [0.4, 0.5) is 0 Å². The lowest BCUT2D eigenvalue weighted by Crippen LogP contribution is -2.36. The molecule has 9 heteroatoms. The number of rotatable bonds is 7. The van der Waals surface area contributed by atoms with Crippen LogP contribution in [0.3, 0.4) is 0 Å². The zero-order valence-corrected chi connectivity index (χ0v) is 15.1. The quantitative estimate of drug-likeness (QED) is 0.700. The molecule has 0 aliphatic heterocycles. The van der Waals surface area contributed by atoms with E-state index in [9.17, 15) is 18.0 Å². The summed E-state index contributed by atoms with van der Waals surface area (Å²) < 4.78 is 27.3. The van der Waals surface area contributed by atoms with Gasteiger partial charge in [0.1, 0.15) is 4.21 Å². The number of nitrogens with two attached hydrogens (primary N) is 1. The zero-order valence-electron chi connectivity index (χ0n) is 13.5. The van der Waals surface area contributed by atoms with Crippen LogP contribution in [0.25, 0.3) is 0 Å². The van der Waals surface area contributed by atoms with Crippen LogP contribution in [0.2, 0.25) is 0 Å². The molecule has 25 heavy (non-hydrogen) atoms. The number of esters is 1. The summed E-state index contributed by atoms with van der Waals surface area (Å²) in [5, 5.41) is 9.00. The average Bonchev–Trinajstić information content (AvgIpc) is 3.06. The minimum atomic E-state index is -3.87. The van der Waals surface area contributed by atoms with Crippen LogP contribution < -0.4 is 10.5 Å². The van der Waals surface area contributed by atoms with Gasteiger partial charge in [-0.15, -0.1) is 11.3 Å². The number of ether oxygens (including phenoxy) is 1. The fourth-order valence-electron chi connectivity index (χ4n) is 1.97. The fourth-order valence-corrected chi connectivity index (χ4v) is 3.55. The van der Waals surface area contributed by atoms with E-state index in [4.69, 9.17) is 9.88 Å². The van der Waals surface area contributed by atoms with E-state index in [1.165, 1.54) is 12.3 Å². The third kappa shape index (κ3) is 5.66. The molecule has 1 unspecified atom stereocenters. The largest absolute Gasteiger partial charge is 0.449 e. The molecule has 0 spiro atoms. The van der Waals surface area contributed by atoms with Crippen molar-refractivity contribution in [1.29, 1.82) is 0 Å². The summed E-state index contributed by atoms with van der Waals surface area (Å²) in [6.45, 7) is 1.86. The Morgan fingerprint density at radius 1 is 1.28 bits per heavy atom. The van der Waals surface area contributed by atoms with Gasteiger partial charge in [-0.05, 0) is 25.0 Å². The van der Waals surface area contributed by atoms with E-state index in [0.29, 0.717) is 13.0 Å². The predicted octanol–water partition coefficient (Wildman–Crippen LogP) is 1.30. The highest BCUT2D eigenvalue weighted by Crippen LogP contribution is 2.19. The maximum atomic E-state index is 12.0. The van der Waals surface area contributed by atoms with Crippen molar-refractivity contribution < 1.29 is 22.7 Å². The van der Waals surface area contributed by atoms with Crippen molar-refractivity contribution in [3.63, 3.8) is 0 Å². The molecule has 3 N–H and O–H groups in total. The Kier molecular flexibility index (Phi) is 6.29. The van der Waals surface area contributed by atoms with E-state index >= 15 is 0 Å². The van der Waals surface area contributed by atoms with Crippen LogP contribution >= 0.6 is 11.3 Å². The number of sulfonamides is 1. The highest BCUT2D eigenvalue weighted by atomic mass is 32.2. The van der Waals surface area contributed by atoms with Crippen LogP contribution in [0.1, 0.15) is 22.8 Å². The van der Waals surface area contributed by atoms with Gasteiger partial charge in [0.05, 0.1) is 5.56 Å². The lowest BCUT2D eigenvalue weighted by molar-refractivity contribution is -0.129. The number of hydrogen-bond acceptors (Lipinski definition) is 6. The molecule has 1 aromatic carbocycles. The molecule has 0 radical (unpaired) electrons. The molecule has 1 amide bonds. The van der Waals surface area contributed by atoms with Gasteiger partial charge >= 0.3 is 5.97 Å². The summed E-state index contributed by atoms with van der Waals surface area (Å²) in [6.07, 6.45) is -0.337. The third-order valence-corrected chi connectivity index (χ3v) is 5.69. The monoisotopic (exact) mass is 382 g/mol. The maximum Gasteiger partial charge on any atom is 0.339 e. The van der Waals surface area contributed by atoms with E-state index in [2.05, 4.69) is 5.32 Å². The van der Waals surface area contributed by atoms with Crippen molar-refractivity contribution in [2.75, 3.05) is 6.54 Å². The van der Waals surface area contributed by atoms with Gasteiger partial charge in [0.25, 0.3) is 5.91 Å². The predicted molar refractivity (Wildman–Crippen MR) is 93.7 cm³/mol. The summed E-state index contributed by atoms with van der Waals surface area (Å²) in [6, 6.07) is 10.8. The van der Waals surface area contributed by atoms with E-state index in [1.54, 1.807) is 0 Å². The number of carbonyl (C=O) groups excluding carboxylic acids is 2. The first-order valence-corrected chi connectivity index (χ1v) is 9.84. The molecule has 1 heterocycles. The molecule has 0 fully saturated rings. The number of primary sulfonamides is 1. The van der Waals surface area contributed by atoms with Crippen LogP contribution in [-0.4, -0.2) is 32.9 Å². The van der Waals surface area contributed by atoms with Crippen molar-refractivity contribution in [2.24, 2.45) is 5.14 Å². The maximum absolute atomic E-state index is 12.0. The van der Waals surface area contributed by atoms with E-state index < -0.39 is 28.0 Å². The third-order valence-electron chi connectivity index (χ3n) is 3.30. The highest BCUT2D eigenvalue weighted by molar-refractivity contribution is 7.91. The number of carbonyl (C=O) groups is 2. The van der Waals surface area contributed by atoms with Crippen molar-refractivity contribution in [2.45, 2.75) is 23.7 Å². The molecular weight excluding hydrogens is 364 g/mol. The highest BCUT2D eigenvalue weighted by Gasteiger charge is 2.21. The molecule has 0 saturated carbocycles. The first-order valence-electron chi connectivity index (χ1n) is 7.41. The van der Waals surface area contributed by atoms with Crippen LogP contribution in [0, 0.1) is 0 Å². The fraction of sp³-hybridized carbons (Fsp3) is 0.250. The van der Waals surface area contributed by atoms with Crippen LogP contribution in [-0.2, 0) is 26.0 Å². The van der Waals surface area contributed by atoms with Crippen molar-refractivity contribution in [3.8, 4) is 0 Å². The minimum absolute atomic E-state index is 0.0398. The van der Waals surface area contributed by atoms with Gasteiger partial charge < -0.3 is 10.1 Å². The Morgan fingerprint density at radius 3 is 2.56 bits per heavy atom. The summed E-state index contributed by atoms with van der Waals surface area (Å²) >= 11 is 0.817. The normalized spacial score (nSPS) is 12.4. The van der Waals surface area contributed by atoms with Crippen LogP contribution in [0.5, 0.6) is 0 Å².